The zero-order valence-corrected chi connectivity index (χ0v) is 10.6. The molecule has 0 radical (unpaired) electrons. The van der Waals surface area contributed by atoms with E-state index < -0.39 is 0 Å². The van der Waals surface area contributed by atoms with Crippen LogP contribution in [0.1, 0.15) is 12.0 Å². The highest BCUT2D eigenvalue weighted by Gasteiger charge is 2.20. The van der Waals surface area contributed by atoms with Gasteiger partial charge >= 0.3 is 0 Å². The highest BCUT2D eigenvalue weighted by Crippen LogP contribution is 2.20. The van der Waals surface area contributed by atoms with Gasteiger partial charge in [0.2, 0.25) is 0 Å². The normalized spacial score (nSPS) is 22.1. The van der Waals surface area contributed by atoms with Crippen LogP contribution in [-0.2, 0) is 6.54 Å². The van der Waals surface area contributed by atoms with Gasteiger partial charge in [-0.15, -0.1) is 0 Å². The van der Waals surface area contributed by atoms with Crippen molar-refractivity contribution in [2.24, 2.45) is 0 Å². The summed E-state index contributed by atoms with van der Waals surface area (Å²) in [5.74, 6) is 0. The molecule has 1 aliphatic heterocycles. The highest BCUT2D eigenvalue weighted by atomic mass is 79.9. The van der Waals surface area contributed by atoms with Gasteiger partial charge in [-0.05, 0) is 25.1 Å². The summed E-state index contributed by atoms with van der Waals surface area (Å²) >= 11 is 3.59. The third-order valence-electron chi connectivity index (χ3n) is 3.03. The molecule has 1 N–H and O–H groups in total. The fourth-order valence-corrected chi connectivity index (χ4v) is 2.49. The van der Waals surface area contributed by atoms with Crippen LogP contribution in [0.3, 0.4) is 0 Å². The van der Waals surface area contributed by atoms with Gasteiger partial charge < -0.3 is 5.32 Å². The molecule has 1 heterocycles. The number of likely N-dealkylation sites (N-methyl/N-ethyl adjacent to an activating group) is 1. The summed E-state index contributed by atoms with van der Waals surface area (Å²) < 4.78 is 1.22. The summed E-state index contributed by atoms with van der Waals surface area (Å²) in [4.78, 5) is 2.50. The van der Waals surface area contributed by atoms with Crippen LogP contribution in [-0.4, -0.2) is 31.1 Å². The molecule has 0 aliphatic carbocycles. The molecule has 1 aromatic rings. The number of nitrogens with zero attached hydrogens (tertiary/aromatic N) is 1. The fraction of sp³-hybridized carbons (Fsp3) is 0.500. The van der Waals surface area contributed by atoms with E-state index in [9.17, 15) is 0 Å². The molecule has 0 spiro atoms. The molecule has 0 saturated carbocycles. The second-order valence-electron chi connectivity index (χ2n) is 4.10. The van der Waals surface area contributed by atoms with Gasteiger partial charge in [-0.25, -0.2) is 0 Å². The monoisotopic (exact) mass is 268 g/mol. The smallest absolute Gasteiger partial charge is 0.0245 e. The van der Waals surface area contributed by atoms with Gasteiger partial charge in [0.1, 0.15) is 0 Å². The van der Waals surface area contributed by atoms with E-state index in [1.54, 1.807) is 0 Å². The number of hydrogen-bond donors (Lipinski definition) is 1. The molecule has 1 unspecified atom stereocenters. The van der Waals surface area contributed by atoms with Crippen molar-refractivity contribution in [1.82, 2.24) is 10.2 Å². The first-order valence-corrected chi connectivity index (χ1v) is 6.22. The lowest BCUT2D eigenvalue weighted by atomic mass is 10.2. The van der Waals surface area contributed by atoms with Gasteiger partial charge in [0.25, 0.3) is 0 Å². The number of nitrogens with one attached hydrogen (secondary N) is 1. The van der Waals surface area contributed by atoms with Crippen molar-refractivity contribution in [3.05, 3.63) is 34.3 Å². The minimum absolute atomic E-state index is 0.674. The first-order chi connectivity index (χ1) is 7.29. The van der Waals surface area contributed by atoms with E-state index in [4.69, 9.17) is 0 Å². The van der Waals surface area contributed by atoms with Crippen LogP contribution in [0.2, 0.25) is 0 Å². The average Bonchev–Trinajstić information content (AvgIpc) is 2.69. The van der Waals surface area contributed by atoms with Crippen molar-refractivity contribution >= 4 is 15.9 Å². The predicted molar refractivity (Wildman–Crippen MR) is 66.9 cm³/mol. The Morgan fingerprint density at radius 2 is 2.27 bits per heavy atom. The third kappa shape index (κ3) is 2.80. The van der Waals surface area contributed by atoms with Gasteiger partial charge in [0.05, 0.1) is 0 Å². The largest absolute Gasteiger partial charge is 0.316 e. The van der Waals surface area contributed by atoms with E-state index >= 15 is 0 Å². The van der Waals surface area contributed by atoms with Gasteiger partial charge in [-0.2, -0.15) is 0 Å². The maximum Gasteiger partial charge on any atom is 0.0245 e. The Labute approximate surface area is 99.8 Å². The van der Waals surface area contributed by atoms with Crippen molar-refractivity contribution in [1.29, 1.82) is 0 Å². The van der Waals surface area contributed by atoms with Crippen molar-refractivity contribution in [2.75, 3.05) is 20.1 Å². The van der Waals surface area contributed by atoms with Crippen LogP contribution < -0.4 is 5.32 Å². The summed E-state index contributed by atoms with van der Waals surface area (Å²) in [7, 11) is 2.05. The standard InChI is InChI=1S/C12H17BrN2/c1-14-11-6-7-15(9-11)8-10-4-2-3-5-12(10)13/h2-5,11,14H,6-9H2,1H3. The first-order valence-electron chi connectivity index (χ1n) is 5.42. The number of benzene rings is 1. The molecule has 15 heavy (non-hydrogen) atoms. The minimum atomic E-state index is 0.674. The Bertz CT molecular complexity index is 327. The van der Waals surface area contributed by atoms with Crippen molar-refractivity contribution in [3.63, 3.8) is 0 Å². The van der Waals surface area contributed by atoms with E-state index in [0.29, 0.717) is 6.04 Å². The zero-order chi connectivity index (χ0) is 10.7. The molecule has 82 valence electrons. The molecule has 0 amide bonds. The Morgan fingerprint density at radius 1 is 1.47 bits per heavy atom. The third-order valence-corrected chi connectivity index (χ3v) is 3.81. The Kier molecular flexibility index (Phi) is 3.78. The summed E-state index contributed by atoms with van der Waals surface area (Å²) in [5.41, 5.74) is 1.38. The van der Waals surface area contributed by atoms with E-state index in [-0.39, 0.29) is 0 Å². The quantitative estimate of drug-likeness (QED) is 0.905. The molecule has 0 bridgehead atoms. The molecule has 3 heteroatoms. The van der Waals surface area contributed by atoms with E-state index in [1.807, 2.05) is 7.05 Å². The number of likely N-dealkylation sites (tertiary alicyclic amines) is 1. The van der Waals surface area contributed by atoms with Crippen molar-refractivity contribution in [2.45, 2.75) is 19.0 Å². The first kappa shape index (κ1) is 11.1. The van der Waals surface area contributed by atoms with Crippen molar-refractivity contribution in [3.8, 4) is 0 Å². The van der Waals surface area contributed by atoms with Crippen LogP contribution in [0.15, 0.2) is 28.7 Å². The lowest BCUT2D eigenvalue weighted by molar-refractivity contribution is 0.322. The van der Waals surface area contributed by atoms with Crippen LogP contribution in [0.4, 0.5) is 0 Å². The summed E-state index contributed by atoms with van der Waals surface area (Å²) in [6.45, 7) is 3.42. The maximum absolute atomic E-state index is 3.59. The second-order valence-corrected chi connectivity index (χ2v) is 4.96. The lowest BCUT2D eigenvalue weighted by Gasteiger charge is -2.16. The molecule has 1 aliphatic rings. The molecule has 2 rings (SSSR count). The van der Waals surface area contributed by atoms with Gasteiger partial charge in [0.15, 0.2) is 0 Å². The number of hydrogen-bond acceptors (Lipinski definition) is 2. The molecular formula is C12H17BrN2. The molecule has 1 atom stereocenters. The SMILES string of the molecule is CNC1CCN(Cc2ccccc2Br)C1. The van der Waals surface area contributed by atoms with Crippen molar-refractivity contribution < 1.29 is 0 Å². The van der Waals surface area contributed by atoms with Gasteiger partial charge in [-0.1, -0.05) is 34.1 Å². The zero-order valence-electron chi connectivity index (χ0n) is 9.04. The Morgan fingerprint density at radius 3 is 2.93 bits per heavy atom. The predicted octanol–water partition coefficient (Wildman–Crippen LogP) is 2.24. The van der Waals surface area contributed by atoms with Gasteiger partial charge in [-0.3, -0.25) is 4.90 Å². The molecule has 1 saturated heterocycles. The molecule has 0 aromatic heterocycles. The van der Waals surface area contributed by atoms with Crippen LogP contribution >= 0.6 is 15.9 Å². The van der Waals surface area contributed by atoms with Crippen LogP contribution in [0.25, 0.3) is 0 Å². The second kappa shape index (κ2) is 5.10. The fourth-order valence-electron chi connectivity index (χ4n) is 2.08. The summed E-state index contributed by atoms with van der Waals surface area (Å²) in [5, 5.41) is 3.34. The maximum atomic E-state index is 3.59. The minimum Gasteiger partial charge on any atom is -0.316 e. The average molecular weight is 269 g/mol. The van der Waals surface area contributed by atoms with E-state index in [2.05, 4.69) is 50.4 Å². The molecule has 1 fully saturated rings. The topological polar surface area (TPSA) is 15.3 Å². The Balaban J connectivity index is 1.96. The lowest BCUT2D eigenvalue weighted by Crippen LogP contribution is -2.29. The summed E-state index contributed by atoms with van der Waals surface area (Å²) in [6.07, 6.45) is 1.26. The van der Waals surface area contributed by atoms with Crippen LogP contribution in [0, 0.1) is 0 Å². The number of halogens is 1. The number of rotatable bonds is 3. The Hall–Kier alpha value is -0.380. The van der Waals surface area contributed by atoms with E-state index in [1.165, 1.54) is 23.0 Å². The molecular weight excluding hydrogens is 252 g/mol. The van der Waals surface area contributed by atoms with Crippen LogP contribution in [0.5, 0.6) is 0 Å². The van der Waals surface area contributed by atoms with Gasteiger partial charge in [0, 0.05) is 30.1 Å². The van der Waals surface area contributed by atoms with E-state index in [0.717, 1.165) is 13.1 Å². The molecule has 1 aromatic carbocycles. The molecule has 2 nitrogen and oxygen atoms in total. The summed E-state index contributed by atoms with van der Waals surface area (Å²) in [6, 6.07) is 9.14. The highest BCUT2D eigenvalue weighted by molar-refractivity contribution is 9.10.